The molecule has 2 amide bonds. The first kappa shape index (κ1) is 23.9. The van der Waals surface area contributed by atoms with Crippen LogP contribution in [0.25, 0.3) is 0 Å². The lowest BCUT2D eigenvalue weighted by molar-refractivity contribution is -0.385. The highest BCUT2D eigenvalue weighted by molar-refractivity contribution is 5.98. The number of furan rings is 1. The summed E-state index contributed by atoms with van der Waals surface area (Å²) >= 11 is 0. The molecule has 0 bridgehead atoms. The van der Waals surface area contributed by atoms with Gasteiger partial charge in [-0.2, -0.15) is 0 Å². The first-order valence-electron chi connectivity index (χ1n) is 11.3. The summed E-state index contributed by atoms with van der Waals surface area (Å²) in [6.45, 7) is 2.89. The fraction of sp³-hybridized carbons (Fsp3) is 0.320. The molecule has 1 aliphatic rings. The third kappa shape index (κ3) is 5.16. The second-order valence-corrected chi connectivity index (χ2v) is 8.65. The van der Waals surface area contributed by atoms with Crippen LogP contribution in [0.15, 0.2) is 53.1 Å². The lowest BCUT2D eigenvalue weighted by atomic mass is 9.89. The topological polar surface area (TPSA) is 130 Å². The average Bonchev–Trinajstić information content (AvgIpc) is 3.36. The van der Waals surface area contributed by atoms with Crippen LogP contribution >= 0.6 is 0 Å². The van der Waals surface area contributed by atoms with Crippen molar-refractivity contribution < 1.29 is 24.0 Å². The zero-order chi connectivity index (χ0) is 25.1. The number of hydrogen-bond donors (Lipinski definition) is 1. The second-order valence-electron chi connectivity index (χ2n) is 8.65. The van der Waals surface area contributed by atoms with Gasteiger partial charge < -0.3 is 19.3 Å². The maximum absolute atomic E-state index is 13.2. The summed E-state index contributed by atoms with van der Waals surface area (Å²) in [5.74, 6) is -0.250. The van der Waals surface area contributed by atoms with Crippen LogP contribution in [0, 0.1) is 17.0 Å². The fourth-order valence-electron chi connectivity index (χ4n) is 4.36. The van der Waals surface area contributed by atoms with Crippen LogP contribution in [0.1, 0.15) is 56.6 Å². The van der Waals surface area contributed by atoms with Gasteiger partial charge in [0.15, 0.2) is 0 Å². The molecule has 3 heterocycles. The first-order valence-corrected chi connectivity index (χ1v) is 11.3. The van der Waals surface area contributed by atoms with Gasteiger partial charge in [0, 0.05) is 37.8 Å². The molecule has 182 valence electrons. The van der Waals surface area contributed by atoms with E-state index in [4.69, 9.17) is 4.42 Å². The molecule has 3 aromatic rings. The Morgan fingerprint density at radius 3 is 2.60 bits per heavy atom. The number of nitro benzene ring substituents is 1. The van der Waals surface area contributed by atoms with E-state index in [9.17, 15) is 24.8 Å². The number of rotatable bonds is 6. The number of pyridine rings is 1. The molecular formula is C25H26N4O6. The third-order valence-corrected chi connectivity index (χ3v) is 6.19. The minimum atomic E-state index is -0.632. The van der Waals surface area contributed by atoms with E-state index in [1.807, 2.05) is 13.0 Å². The van der Waals surface area contributed by atoms with E-state index in [0.29, 0.717) is 49.5 Å². The average molecular weight is 479 g/mol. The summed E-state index contributed by atoms with van der Waals surface area (Å²) in [6.07, 6.45) is 2.67. The SMILES string of the molecule is Cc1ccc(C(=O)N(C)Cc2ccco2)c(C2CCN(C(=O)c3cc(O)ccc3[N+](=O)[O-])CC2)n1. The number of aryl methyl sites for hydroxylation is 1. The van der Waals surface area contributed by atoms with E-state index in [1.54, 1.807) is 41.3 Å². The van der Waals surface area contributed by atoms with Crippen molar-refractivity contribution in [2.24, 2.45) is 0 Å². The van der Waals surface area contributed by atoms with Crippen molar-refractivity contribution in [1.29, 1.82) is 0 Å². The monoisotopic (exact) mass is 478 g/mol. The maximum atomic E-state index is 13.2. The molecule has 10 nitrogen and oxygen atoms in total. The predicted molar refractivity (Wildman–Crippen MR) is 126 cm³/mol. The van der Waals surface area contributed by atoms with Gasteiger partial charge in [0.25, 0.3) is 17.5 Å². The zero-order valence-corrected chi connectivity index (χ0v) is 19.5. The summed E-state index contributed by atoms with van der Waals surface area (Å²) < 4.78 is 5.35. The largest absolute Gasteiger partial charge is 0.508 e. The Balaban J connectivity index is 1.50. The first-order chi connectivity index (χ1) is 16.7. The van der Waals surface area contributed by atoms with Crippen LogP contribution in [0.4, 0.5) is 5.69 Å². The van der Waals surface area contributed by atoms with E-state index in [2.05, 4.69) is 4.98 Å². The van der Waals surface area contributed by atoms with Crippen molar-refractivity contribution in [3.05, 3.63) is 87.1 Å². The molecule has 0 unspecified atom stereocenters. The zero-order valence-electron chi connectivity index (χ0n) is 19.5. The Morgan fingerprint density at radius 1 is 1.20 bits per heavy atom. The number of phenols is 1. The van der Waals surface area contributed by atoms with Crippen LogP contribution in [0.2, 0.25) is 0 Å². The minimum absolute atomic E-state index is 0.0472. The van der Waals surface area contributed by atoms with Gasteiger partial charge in [-0.3, -0.25) is 24.7 Å². The molecule has 0 radical (unpaired) electrons. The highest BCUT2D eigenvalue weighted by Crippen LogP contribution is 2.32. The van der Waals surface area contributed by atoms with Crippen LogP contribution in [-0.2, 0) is 6.54 Å². The number of nitrogens with zero attached hydrogens (tertiary/aromatic N) is 4. The Kier molecular flexibility index (Phi) is 6.81. The molecule has 10 heteroatoms. The molecule has 4 rings (SSSR count). The number of aromatic hydroxyl groups is 1. The van der Waals surface area contributed by atoms with Gasteiger partial charge in [0.05, 0.1) is 29.0 Å². The highest BCUT2D eigenvalue weighted by Gasteiger charge is 2.31. The second kappa shape index (κ2) is 9.96. The third-order valence-electron chi connectivity index (χ3n) is 6.19. The minimum Gasteiger partial charge on any atom is -0.508 e. The normalized spacial score (nSPS) is 14.1. The lowest BCUT2D eigenvalue weighted by Crippen LogP contribution is -2.39. The van der Waals surface area contributed by atoms with Crippen molar-refractivity contribution >= 4 is 17.5 Å². The predicted octanol–water partition coefficient (Wildman–Crippen LogP) is 3.89. The summed E-state index contributed by atoms with van der Waals surface area (Å²) in [7, 11) is 1.71. The van der Waals surface area contributed by atoms with Crippen LogP contribution in [0.5, 0.6) is 5.75 Å². The van der Waals surface area contributed by atoms with Crippen LogP contribution in [0.3, 0.4) is 0 Å². The lowest BCUT2D eigenvalue weighted by Gasteiger charge is -2.32. The van der Waals surface area contributed by atoms with Gasteiger partial charge in [0.2, 0.25) is 0 Å². The number of hydrogen-bond acceptors (Lipinski definition) is 7. The van der Waals surface area contributed by atoms with Gasteiger partial charge in [-0.25, -0.2) is 0 Å². The van der Waals surface area contributed by atoms with Crippen molar-refractivity contribution in [3.8, 4) is 5.75 Å². The van der Waals surface area contributed by atoms with E-state index in [1.165, 1.54) is 6.07 Å². The Labute approximate surface area is 201 Å². The van der Waals surface area contributed by atoms with Crippen LogP contribution < -0.4 is 0 Å². The maximum Gasteiger partial charge on any atom is 0.282 e. The molecule has 1 aliphatic heterocycles. The summed E-state index contributed by atoms with van der Waals surface area (Å²) in [4.78, 5) is 44.8. The number of amides is 2. The smallest absolute Gasteiger partial charge is 0.282 e. The molecule has 1 fully saturated rings. The summed E-state index contributed by atoms with van der Waals surface area (Å²) in [6, 6.07) is 10.6. The molecule has 0 saturated carbocycles. The standard InChI is InChI=1S/C25H26N4O6/c1-16-5-7-20(24(31)27(2)15-19-4-3-13-35-19)23(26-16)17-9-11-28(12-10-17)25(32)21-14-18(30)6-8-22(21)29(33)34/h3-8,13-14,17,30H,9-12,15H2,1-2H3. The quantitative estimate of drug-likeness (QED) is 0.420. The molecule has 1 saturated heterocycles. The number of benzene rings is 1. The number of carbonyl (C=O) groups is 2. The van der Waals surface area contributed by atoms with Gasteiger partial charge in [0.1, 0.15) is 17.1 Å². The Morgan fingerprint density at radius 2 is 1.94 bits per heavy atom. The molecule has 0 atom stereocenters. The van der Waals surface area contributed by atoms with Crippen molar-refractivity contribution in [1.82, 2.24) is 14.8 Å². The molecule has 35 heavy (non-hydrogen) atoms. The van der Waals surface area contributed by atoms with Crippen molar-refractivity contribution in [2.45, 2.75) is 32.2 Å². The number of piperidine rings is 1. The number of phenolic OH excluding ortho intramolecular Hbond substituents is 1. The number of carbonyl (C=O) groups excluding carboxylic acids is 2. The molecule has 1 N–H and O–H groups in total. The molecule has 2 aromatic heterocycles. The van der Waals surface area contributed by atoms with Gasteiger partial charge in [-0.05, 0) is 56.2 Å². The van der Waals surface area contributed by atoms with E-state index in [-0.39, 0.29) is 28.8 Å². The van der Waals surface area contributed by atoms with E-state index in [0.717, 1.165) is 17.8 Å². The molecular weight excluding hydrogens is 452 g/mol. The summed E-state index contributed by atoms with van der Waals surface area (Å²) in [5, 5.41) is 21.1. The molecule has 1 aromatic carbocycles. The van der Waals surface area contributed by atoms with Gasteiger partial charge in [-0.15, -0.1) is 0 Å². The van der Waals surface area contributed by atoms with Crippen molar-refractivity contribution in [3.63, 3.8) is 0 Å². The molecule has 0 spiro atoms. The number of aromatic nitrogens is 1. The van der Waals surface area contributed by atoms with E-state index < -0.39 is 10.8 Å². The van der Waals surface area contributed by atoms with Crippen LogP contribution in [-0.4, -0.2) is 56.8 Å². The summed E-state index contributed by atoms with van der Waals surface area (Å²) in [5.41, 5.74) is 1.51. The van der Waals surface area contributed by atoms with Gasteiger partial charge in [-0.1, -0.05) is 0 Å². The number of nitro groups is 1. The molecule has 0 aliphatic carbocycles. The van der Waals surface area contributed by atoms with Gasteiger partial charge >= 0.3 is 0 Å². The Bertz CT molecular complexity index is 1250. The highest BCUT2D eigenvalue weighted by atomic mass is 16.6. The number of likely N-dealkylation sites (tertiary alicyclic amines) is 1. The van der Waals surface area contributed by atoms with E-state index >= 15 is 0 Å². The fourth-order valence-corrected chi connectivity index (χ4v) is 4.36. The van der Waals surface area contributed by atoms with Crippen molar-refractivity contribution in [2.75, 3.05) is 20.1 Å². The Hall–Kier alpha value is -4.21.